The highest BCUT2D eigenvalue weighted by atomic mass is 19.4. The molecule has 1 nitrogen and oxygen atoms in total. The van der Waals surface area contributed by atoms with E-state index in [9.17, 15) is 26.3 Å². The first-order valence-corrected chi connectivity index (χ1v) is 4.79. The van der Waals surface area contributed by atoms with Crippen molar-refractivity contribution in [3.63, 3.8) is 0 Å². The molecule has 0 spiro atoms. The molecule has 1 N–H and O–H groups in total. The summed E-state index contributed by atoms with van der Waals surface area (Å²) in [6, 6.07) is 0. The largest absolute Gasteiger partial charge is 0.423 e. The molecule has 0 aromatic carbocycles. The molecule has 0 aromatic heterocycles. The minimum absolute atomic E-state index is 0.359. The van der Waals surface area contributed by atoms with Crippen molar-refractivity contribution < 1.29 is 31.4 Å². The summed E-state index contributed by atoms with van der Waals surface area (Å²) in [5, 5.41) is 9.17. The molecule has 0 bridgehead atoms. The van der Waals surface area contributed by atoms with Crippen LogP contribution in [-0.4, -0.2) is 29.5 Å². The molecule has 3 unspecified atom stereocenters. The Morgan fingerprint density at radius 2 is 1.81 bits per heavy atom. The molecule has 16 heavy (non-hydrogen) atoms. The molecular formula is C9H12F6O. The van der Waals surface area contributed by atoms with Gasteiger partial charge in [0.2, 0.25) is 5.60 Å². The number of aliphatic hydroxyl groups is 1. The van der Waals surface area contributed by atoms with Crippen LogP contribution in [0.4, 0.5) is 26.3 Å². The molecule has 96 valence electrons. The zero-order valence-corrected chi connectivity index (χ0v) is 8.49. The first kappa shape index (κ1) is 13.6. The number of hydrogen-bond donors (Lipinski definition) is 1. The van der Waals surface area contributed by atoms with Gasteiger partial charge in [-0.2, -0.15) is 13.2 Å². The summed E-state index contributed by atoms with van der Waals surface area (Å²) < 4.78 is 76.4. The zero-order chi connectivity index (χ0) is 12.8. The molecule has 1 fully saturated rings. The van der Waals surface area contributed by atoms with E-state index in [2.05, 4.69) is 0 Å². The highest BCUT2D eigenvalue weighted by molar-refractivity contribution is 5.06. The van der Waals surface area contributed by atoms with E-state index in [-0.39, 0.29) is 6.42 Å². The molecule has 0 amide bonds. The molecule has 0 heterocycles. The average molecular weight is 250 g/mol. The lowest BCUT2D eigenvalue weighted by Gasteiger charge is -2.46. The second kappa shape index (κ2) is 3.78. The maximum absolute atomic E-state index is 13.4. The average Bonchev–Trinajstić information content (AvgIpc) is 2.09. The highest BCUT2D eigenvalue weighted by Crippen LogP contribution is 2.54. The number of hydrogen-bond acceptors (Lipinski definition) is 1. The van der Waals surface area contributed by atoms with Crippen LogP contribution in [0.5, 0.6) is 0 Å². The summed E-state index contributed by atoms with van der Waals surface area (Å²) in [5.74, 6) is -7.36. The van der Waals surface area contributed by atoms with Gasteiger partial charge in [-0.3, -0.25) is 4.39 Å². The minimum atomic E-state index is -5.46. The van der Waals surface area contributed by atoms with Gasteiger partial charge in [0.15, 0.2) is 0 Å². The molecule has 0 aromatic rings. The lowest BCUT2D eigenvalue weighted by molar-refractivity contribution is -0.360. The van der Waals surface area contributed by atoms with Crippen LogP contribution in [0.15, 0.2) is 0 Å². The number of halogens is 6. The van der Waals surface area contributed by atoms with Crippen LogP contribution >= 0.6 is 0 Å². The van der Waals surface area contributed by atoms with Crippen LogP contribution in [0.1, 0.15) is 19.8 Å². The monoisotopic (exact) mass is 250 g/mol. The molecule has 1 saturated carbocycles. The van der Waals surface area contributed by atoms with Gasteiger partial charge in [-0.1, -0.05) is 6.92 Å². The predicted octanol–water partition coefficient (Wildman–Crippen LogP) is 2.93. The third-order valence-electron chi connectivity index (χ3n) is 3.05. The second-order valence-corrected chi connectivity index (χ2v) is 4.38. The Morgan fingerprint density at radius 1 is 1.31 bits per heavy atom. The molecule has 7 heteroatoms. The summed E-state index contributed by atoms with van der Waals surface area (Å²) >= 11 is 0. The highest BCUT2D eigenvalue weighted by Gasteiger charge is 2.73. The van der Waals surface area contributed by atoms with Crippen molar-refractivity contribution >= 4 is 0 Å². The molecular weight excluding hydrogens is 238 g/mol. The Morgan fingerprint density at radius 3 is 2.19 bits per heavy atom. The van der Waals surface area contributed by atoms with Crippen molar-refractivity contribution in [3.05, 3.63) is 0 Å². The van der Waals surface area contributed by atoms with Gasteiger partial charge in [-0.25, -0.2) is 8.78 Å². The van der Waals surface area contributed by atoms with Crippen molar-refractivity contribution in [1.29, 1.82) is 0 Å². The van der Waals surface area contributed by atoms with E-state index in [1.807, 2.05) is 0 Å². The summed E-state index contributed by atoms with van der Waals surface area (Å²) in [5.41, 5.74) is -4.12. The summed E-state index contributed by atoms with van der Waals surface area (Å²) in [6.07, 6.45) is -6.92. The Hall–Kier alpha value is -0.460. The van der Waals surface area contributed by atoms with E-state index in [0.29, 0.717) is 0 Å². The molecule has 1 aliphatic carbocycles. The van der Waals surface area contributed by atoms with Crippen molar-refractivity contribution in [1.82, 2.24) is 0 Å². The lowest BCUT2D eigenvalue weighted by Crippen LogP contribution is -2.65. The van der Waals surface area contributed by atoms with Gasteiger partial charge in [-0.15, -0.1) is 0 Å². The maximum Gasteiger partial charge on any atom is 0.423 e. The van der Waals surface area contributed by atoms with E-state index >= 15 is 0 Å². The smallest absolute Gasteiger partial charge is 0.376 e. The van der Waals surface area contributed by atoms with Gasteiger partial charge in [0.25, 0.3) is 5.92 Å². The Balaban J connectivity index is 3.15. The van der Waals surface area contributed by atoms with Gasteiger partial charge in [0.05, 0.1) is 12.6 Å². The van der Waals surface area contributed by atoms with Gasteiger partial charge >= 0.3 is 6.18 Å². The Kier molecular flexibility index (Phi) is 3.22. The van der Waals surface area contributed by atoms with Gasteiger partial charge in [0.1, 0.15) is 0 Å². The first-order chi connectivity index (χ1) is 7.06. The SMILES string of the molecule is CC1CC(CF)C(F)(F)C(O)(C(F)(F)F)C1. The summed E-state index contributed by atoms with van der Waals surface area (Å²) in [6.45, 7) is -0.287. The maximum atomic E-state index is 13.4. The molecule has 0 aliphatic heterocycles. The fourth-order valence-corrected chi connectivity index (χ4v) is 2.16. The fraction of sp³-hybridized carbons (Fsp3) is 1.00. The van der Waals surface area contributed by atoms with Crippen molar-refractivity contribution in [2.45, 2.75) is 37.5 Å². The zero-order valence-electron chi connectivity index (χ0n) is 8.49. The molecule has 3 atom stereocenters. The lowest BCUT2D eigenvalue weighted by atomic mass is 9.70. The Bertz CT molecular complexity index is 263. The van der Waals surface area contributed by atoms with Crippen LogP contribution in [0.3, 0.4) is 0 Å². The Labute approximate surface area is 88.4 Å². The van der Waals surface area contributed by atoms with Gasteiger partial charge < -0.3 is 5.11 Å². The molecule has 0 radical (unpaired) electrons. The molecule has 1 aliphatic rings. The topological polar surface area (TPSA) is 20.2 Å². The van der Waals surface area contributed by atoms with Crippen molar-refractivity contribution in [3.8, 4) is 0 Å². The van der Waals surface area contributed by atoms with E-state index in [4.69, 9.17) is 5.11 Å². The summed E-state index contributed by atoms with van der Waals surface area (Å²) in [4.78, 5) is 0. The fourth-order valence-electron chi connectivity index (χ4n) is 2.16. The van der Waals surface area contributed by atoms with E-state index < -0.39 is 42.6 Å². The number of rotatable bonds is 1. The standard InChI is InChI=1S/C9H12F6O/c1-5-2-6(4-10)8(11,12)7(16,3-5)9(13,14)15/h5-6,16H,2-4H2,1H3. The van der Waals surface area contributed by atoms with E-state index in [1.54, 1.807) is 0 Å². The minimum Gasteiger partial charge on any atom is -0.376 e. The van der Waals surface area contributed by atoms with Crippen LogP contribution in [0, 0.1) is 11.8 Å². The second-order valence-electron chi connectivity index (χ2n) is 4.38. The number of alkyl halides is 6. The third kappa shape index (κ3) is 1.78. The third-order valence-corrected chi connectivity index (χ3v) is 3.05. The quantitative estimate of drug-likeness (QED) is 0.709. The van der Waals surface area contributed by atoms with Crippen LogP contribution in [0.2, 0.25) is 0 Å². The van der Waals surface area contributed by atoms with Gasteiger partial charge in [-0.05, 0) is 18.8 Å². The molecule has 1 rings (SSSR count). The normalized spacial score (nSPS) is 39.8. The van der Waals surface area contributed by atoms with Crippen molar-refractivity contribution in [2.24, 2.45) is 11.8 Å². The first-order valence-electron chi connectivity index (χ1n) is 4.79. The predicted molar refractivity (Wildman–Crippen MR) is 43.8 cm³/mol. The van der Waals surface area contributed by atoms with Crippen LogP contribution in [-0.2, 0) is 0 Å². The van der Waals surface area contributed by atoms with Crippen LogP contribution < -0.4 is 0 Å². The summed E-state index contributed by atoms with van der Waals surface area (Å²) in [7, 11) is 0. The van der Waals surface area contributed by atoms with E-state index in [0.717, 1.165) is 0 Å². The van der Waals surface area contributed by atoms with E-state index in [1.165, 1.54) is 6.92 Å². The van der Waals surface area contributed by atoms with Crippen LogP contribution in [0.25, 0.3) is 0 Å². The molecule has 0 saturated heterocycles. The van der Waals surface area contributed by atoms with Crippen molar-refractivity contribution in [2.75, 3.05) is 6.67 Å². The van der Waals surface area contributed by atoms with Gasteiger partial charge in [0, 0.05) is 0 Å².